The molecule has 2 rings (SSSR count). The Bertz CT molecular complexity index is 737. The zero-order chi connectivity index (χ0) is 19.9. The number of likely N-dealkylation sites (tertiary alicyclic amines) is 1. The van der Waals surface area contributed by atoms with Gasteiger partial charge in [-0.05, 0) is 43.4 Å². The van der Waals surface area contributed by atoms with Crippen LogP contribution in [0.5, 0.6) is 0 Å². The highest BCUT2D eigenvalue weighted by Crippen LogP contribution is 2.16. The molecule has 7 nitrogen and oxygen atoms in total. The SMILES string of the molecule is CCN(CC)S(=O)(=O)c1ccc(CCNC(=O)C(=O)N2CCCCC2)cc1. The van der Waals surface area contributed by atoms with E-state index in [1.807, 2.05) is 13.8 Å². The van der Waals surface area contributed by atoms with Crippen molar-refractivity contribution in [2.45, 2.75) is 44.4 Å². The number of carbonyl (C=O) groups excluding carboxylic acids is 2. The molecule has 0 atom stereocenters. The summed E-state index contributed by atoms with van der Waals surface area (Å²) in [5.41, 5.74) is 0.902. The number of amides is 2. The number of piperidine rings is 1. The Morgan fingerprint density at radius 3 is 2.19 bits per heavy atom. The predicted octanol–water partition coefficient (Wildman–Crippen LogP) is 1.39. The van der Waals surface area contributed by atoms with Crippen LogP contribution in [0.2, 0.25) is 0 Å². The molecule has 0 aliphatic carbocycles. The first-order valence-electron chi connectivity index (χ1n) is 9.56. The van der Waals surface area contributed by atoms with Crippen LogP contribution < -0.4 is 5.32 Å². The molecule has 0 bridgehead atoms. The monoisotopic (exact) mass is 395 g/mol. The lowest BCUT2D eigenvalue weighted by molar-refractivity contribution is -0.146. The largest absolute Gasteiger partial charge is 0.347 e. The van der Waals surface area contributed by atoms with Gasteiger partial charge in [0.2, 0.25) is 10.0 Å². The number of benzene rings is 1. The van der Waals surface area contributed by atoms with E-state index in [4.69, 9.17) is 0 Å². The molecule has 1 aliphatic rings. The molecule has 8 heteroatoms. The first-order valence-corrected chi connectivity index (χ1v) is 11.0. The molecule has 0 unspecified atom stereocenters. The summed E-state index contributed by atoms with van der Waals surface area (Å²) >= 11 is 0. The molecule has 0 spiro atoms. The molecular formula is C19H29N3O4S. The van der Waals surface area contributed by atoms with Crippen LogP contribution in [0.4, 0.5) is 0 Å². The van der Waals surface area contributed by atoms with Crippen molar-refractivity contribution >= 4 is 21.8 Å². The van der Waals surface area contributed by atoms with Crippen LogP contribution in [-0.4, -0.2) is 62.2 Å². The molecule has 1 heterocycles. The first-order chi connectivity index (χ1) is 12.9. The van der Waals surface area contributed by atoms with Gasteiger partial charge < -0.3 is 10.2 Å². The normalized spacial score (nSPS) is 15.0. The summed E-state index contributed by atoms with van der Waals surface area (Å²) in [6, 6.07) is 6.66. The number of sulfonamides is 1. The summed E-state index contributed by atoms with van der Waals surface area (Å²) in [4.78, 5) is 25.9. The molecule has 150 valence electrons. The lowest BCUT2D eigenvalue weighted by atomic mass is 10.1. The molecular weight excluding hydrogens is 366 g/mol. The van der Waals surface area contributed by atoms with E-state index in [0.717, 1.165) is 24.8 Å². The van der Waals surface area contributed by atoms with Crippen LogP contribution in [0.1, 0.15) is 38.7 Å². The zero-order valence-electron chi connectivity index (χ0n) is 16.1. The van der Waals surface area contributed by atoms with Crippen LogP contribution in [0, 0.1) is 0 Å². The maximum absolute atomic E-state index is 12.5. The number of nitrogens with zero attached hydrogens (tertiary/aromatic N) is 2. The van der Waals surface area contributed by atoms with Crippen molar-refractivity contribution in [3.8, 4) is 0 Å². The Kier molecular flexibility index (Phi) is 7.79. The van der Waals surface area contributed by atoms with Crippen LogP contribution >= 0.6 is 0 Å². The highest BCUT2D eigenvalue weighted by Gasteiger charge is 2.23. The third-order valence-electron chi connectivity index (χ3n) is 4.80. The molecule has 0 saturated carbocycles. The molecule has 1 aromatic rings. The number of carbonyl (C=O) groups is 2. The Morgan fingerprint density at radius 2 is 1.63 bits per heavy atom. The van der Waals surface area contributed by atoms with Crippen molar-refractivity contribution in [1.82, 2.24) is 14.5 Å². The molecule has 1 aliphatic heterocycles. The van der Waals surface area contributed by atoms with Crippen LogP contribution in [-0.2, 0) is 26.0 Å². The van der Waals surface area contributed by atoms with Crippen molar-refractivity contribution in [1.29, 1.82) is 0 Å². The fraction of sp³-hybridized carbons (Fsp3) is 0.579. The van der Waals surface area contributed by atoms with Gasteiger partial charge in [-0.15, -0.1) is 0 Å². The minimum absolute atomic E-state index is 0.263. The van der Waals surface area contributed by atoms with Crippen LogP contribution in [0.15, 0.2) is 29.2 Å². The second-order valence-corrected chi connectivity index (χ2v) is 8.53. The van der Waals surface area contributed by atoms with E-state index in [1.165, 1.54) is 4.31 Å². The molecule has 27 heavy (non-hydrogen) atoms. The smallest absolute Gasteiger partial charge is 0.311 e. The number of hydrogen-bond acceptors (Lipinski definition) is 4. The molecule has 2 amide bonds. The first kappa shape index (κ1) is 21.4. The van der Waals surface area contributed by atoms with Gasteiger partial charge in [-0.3, -0.25) is 9.59 Å². The van der Waals surface area contributed by atoms with Crippen molar-refractivity contribution in [2.75, 3.05) is 32.7 Å². The third-order valence-corrected chi connectivity index (χ3v) is 6.87. The van der Waals surface area contributed by atoms with Gasteiger partial charge in [-0.2, -0.15) is 4.31 Å². The van der Waals surface area contributed by atoms with Crippen molar-refractivity contribution in [2.24, 2.45) is 0 Å². The second-order valence-electron chi connectivity index (χ2n) is 6.59. The van der Waals surface area contributed by atoms with E-state index >= 15 is 0 Å². The van der Waals surface area contributed by atoms with Gasteiger partial charge in [0.05, 0.1) is 4.90 Å². The average Bonchev–Trinajstić information content (AvgIpc) is 2.69. The summed E-state index contributed by atoms with van der Waals surface area (Å²) in [6.07, 6.45) is 3.53. The van der Waals surface area contributed by atoms with Gasteiger partial charge in [0.15, 0.2) is 0 Å². The highest BCUT2D eigenvalue weighted by molar-refractivity contribution is 7.89. The number of hydrogen-bond donors (Lipinski definition) is 1. The Morgan fingerprint density at radius 1 is 1.04 bits per heavy atom. The summed E-state index contributed by atoms with van der Waals surface area (Å²) in [5.74, 6) is -1.03. The number of rotatable bonds is 7. The van der Waals surface area contributed by atoms with Crippen molar-refractivity contribution in [3.63, 3.8) is 0 Å². The summed E-state index contributed by atoms with van der Waals surface area (Å²) in [6.45, 7) is 6.10. The van der Waals surface area contributed by atoms with E-state index in [1.54, 1.807) is 29.2 Å². The van der Waals surface area contributed by atoms with Crippen LogP contribution in [0.3, 0.4) is 0 Å². The third kappa shape index (κ3) is 5.52. The van der Waals surface area contributed by atoms with E-state index in [9.17, 15) is 18.0 Å². The quantitative estimate of drug-likeness (QED) is 0.707. The minimum Gasteiger partial charge on any atom is -0.347 e. The lowest BCUT2D eigenvalue weighted by Gasteiger charge is -2.25. The van der Waals surface area contributed by atoms with Gasteiger partial charge in [-0.1, -0.05) is 26.0 Å². The van der Waals surface area contributed by atoms with E-state index < -0.39 is 21.8 Å². The zero-order valence-corrected chi connectivity index (χ0v) is 16.9. The van der Waals surface area contributed by atoms with E-state index in [-0.39, 0.29) is 4.90 Å². The minimum atomic E-state index is -3.46. The summed E-state index contributed by atoms with van der Waals surface area (Å²) in [7, 11) is -3.46. The Labute approximate surface area is 161 Å². The van der Waals surface area contributed by atoms with Gasteiger partial charge in [-0.25, -0.2) is 8.42 Å². The van der Waals surface area contributed by atoms with Gasteiger partial charge in [0.25, 0.3) is 0 Å². The molecule has 0 aromatic heterocycles. The van der Waals surface area contributed by atoms with Gasteiger partial charge in [0.1, 0.15) is 0 Å². The van der Waals surface area contributed by atoms with Gasteiger partial charge in [0, 0.05) is 32.7 Å². The number of nitrogens with one attached hydrogen (secondary N) is 1. The summed E-state index contributed by atoms with van der Waals surface area (Å²) < 4.78 is 26.3. The predicted molar refractivity (Wildman–Crippen MR) is 104 cm³/mol. The fourth-order valence-electron chi connectivity index (χ4n) is 3.18. The Balaban J connectivity index is 1.86. The molecule has 1 aromatic carbocycles. The van der Waals surface area contributed by atoms with E-state index in [2.05, 4.69) is 5.32 Å². The molecule has 1 saturated heterocycles. The molecule has 1 fully saturated rings. The average molecular weight is 396 g/mol. The topological polar surface area (TPSA) is 86.8 Å². The highest BCUT2D eigenvalue weighted by atomic mass is 32.2. The van der Waals surface area contributed by atoms with Crippen molar-refractivity contribution < 1.29 is 18.0 Å². The molecule has 0 radical (unpaired) electrons. The van der Waals surface area contributed by atoms with Crippen LogP contribution in [0.25, 0.3) is 0 Å². The van der Waals surface area contributed by atoms with E-state index in [0.29, 0.717) is 39.1 Å². The maximum Gasteiger partial charge on any atom is 0.311 e. The molecule has 1 N–H and O–H groups in total. The second kappa shape index (κ2) is 9.85. The lowest BCUT2D eigenvalue weighted by Crippen LogP contribution is -2.45. The van der Waals surface area contributed by atoms with Gasteiger partial charge >= 0.3 is 11.8 Å². The van der Waals surface area contributed by atoms with Crippen molar-refractivity contribution in [3.05, 3.63) is 29.8 Å². The summed E-state index contributed by atoms with van der Waals surface area (Å²) in [5, 5.41) is 2.65. The Hall–Kier alpha value is -1.93. The fourth-order valence-corrected chi connectivity index (χ4v) is 4.64. The standard InChI is InChI=1S/C19H29N3O4S/c1-3-22(4-2)27(25,26)17-10-8-16(9-11-17)12-13-20-18(23)19(24)21-14-6-5-7-15-21/h8-11H,3-7,12-15H2,1-2H3,(H,20,23). The maximum atomic E-state index is 12.5.